The van der Waals surface area contributed by atoms with Crippen molar-refractivity contribution in [1.82, 2.24) is 9.80 Å². The van der Waals surface area contributed by atoms with E-state index in [2.05, 4.69) is 6.92 Å². The summed E-state index contributed by atoms with van der Waals surface area (Å²) in [5.74, 6) is 1.03. The summed E-state index contributed by atoms with van der Waals surface area (Å²) < 4.78 is 0. The normalized spacial score (nSPS) is 29.5. The van der Waals surface area contributed by atoms with E-state index in [0.29, 0.717) is 25.4 Å². The molecule has 0 spiro atoms. The van der Waals surface area contributed by atoms with Gasteiger partial charge in [-0.25, -0.2) is 0 Å². The minimum Gasteiger partial charge on any atom is -0.342 e. The Bertz CT molecular complexity index is 399. The molecule has 5 heteroatoms. The lowest BCUT2D eigenvalue weighted by Gasteiger charge is -2.41. The van der Waals surface area contributed by atoms with Crippen LogP contribution in [0.25, 0.3) is 0 Å². The Balaban J connectivity index is 1.97. The van der Waals surface area contributed by atoms with Crippen LogP contribution in [0.1, 0.15) is 52.4 Å². The van der Waals surface area contributed by atoms with E-state index in [1.54, 1.807) is 0 Å². The molecule has 5 nitrogen and oxygen atoms in total. The smallest absolute Gasteiger partial charge is 0.227 e. The van der Waals surface area contributed by atoms with E-state index in [1.165, 1.54) is 0 Å². The number of rotatable bonds is 4. The van der Waals surface area contributed by atoms with Crippen molar-refractivity contribution in [1.29, 1.82) is 0 Å². The molecule has 22 heavy (non-hydrogen) atoms. The number of nitrogens with zero attached hydrogens (tertiary/aromatic N) is 2. The molecule has 3 unspecified atom stereocenters. The maximum Gasteiger partial charge on any atom is 0.227 e. The minimum absolute atomic E-state index is 0.0305. The summed E-state index contributed by atoms with van der Waals surface area (Å²) in [6.45, 7) is 7.02. The monoisotopic (exact) mass is 309 g/mol. The zero-order valence-electron chi connectivity index (χ0n) is 14.1. The third kappa shape index (κ3) is 4.00. The zero-order valence-corrected chi connectivity index (χ0v) is 14.1. The van der Waals surface area contributed by atoms with Crippen molar-refractivity contribution in [2.75, 3.05) is 26.2 Å². The van der Waals surface area contributed by atoms with E-state index in [-0.39, 0.29) is 23.8 Å². The van der Waals surface area contributed by atoms with Gasteiger partial charge < -0.3 is 15.5 Å². The van der Waals surface area contributed by atoms with Gasteiger partial charge in [-0.05, 0) is 38.0 Å². The Kier molecular flexibility index (Phi) is 6.24. The summed E-state index contributed by atoms with van der Waals surface area (Å²) in [5, 5.41) is 0. The summed E-state index contributed by atoms with van der Waals surface area (Å²) in [6.07, 6.45) is 5.36. The lowest BCUT2D eigenvalue weighted by atomic mass is 9.89. The van der Waals surface area contributed by atoms with Gasteiger partial charge >= 0.3 is 0 Å². The highest BCUT2D eigenvalue weighted by Crippen LogP contribution is 2.26. The number of nitrogens with two attached hydrogens (primary N) is 1. The fourth-order valence-corrected chi connectivity index (χ4v) is 3.78. The van der Waals surface area contributed by atoms with Gasteiger partial charge in [0, 0.05) is 38.6 Å². The van der Waals surface area contributed by atoms with Gasteiger partial charge in [-0.2, -0.15) is 0 Å². The Morgan fingerprint density at radius 3 is 2.68 bits per heavy atom. The third-order valence-electron chi connectivity index (χ3n) is 5.12. The molecule has 2 amide bonds. The Morgan fingerprint density at radius 1 is 1.23 bits per heavy atom. The zero-order chi connectivity index (χ0) is 16.1. The van der Waals surface area contributed by atoms with Crippen LogP contribution in [0.4, 0.5) is 0 Å². The molecule has 0 aromatic heterocycles. The number of carbonyl (C=O) groups is 2. The van der Waals surface area contributed by atoms with Crippen LogP contribution in [-0.2, 0) is 9.59 Å². The second-order valence-corrected chi connectivity index (χ2v) is 6.98. The molecule has 2 saturated heterocycles. The van der Waals surface area contributed by atoms with E-state index in [4.69, 9.17) is 5.73 Å². The van der Waals surface area contributed by atoms with Crippen LogP contribution in [0, 0.1) is 11.8 Å². The number of carbonyl (C=O) groups excluding carboxylic acids is 2. The Hall–Kier alpha value is -1.10. The van der Waals surface area contributed by atoms with Crippen LogP contribution in [0.15, 0.2) is 0 Å². The first kappa shape index (κ1) is 17.3. The number of hydrogen-bond acceptors (Lipinski definition) is 3. The maximum atomic E-state index is 12.9. The number of likely N-dealkylation sites (tertiary alicyclic amines) is 2. The van der Waals surface area contributed by atoms with Crippen LogP contribution in [0.2, 0.25) is 0 Å². The van der Waals surface area contributed by atoms with Crippen LogP contribution >= 0.6 is 0 Å². The van der Waals surface area contributed by atoms with Crippen LogP contribution in [-0.4, -0.2) is 53.8 Å². The highest BCUT2D eigenvalue weighted by atomic mass is 16.2. The molecule has 2 aliphatic rings. The lowest BCUT2D eigenvalue weighted by Crippen LogP contribution is -2.54. The summed E-state index contributed by atoms with van der Waals surface area (Å²) in [6, 6.07) is 0.179. The van der Waals surface area contributed by atoms with Crippen molar-refractivity contribution in [2.45, 2.75) is 58.4 Å². The highest BCUT2D eigenvalue weighted by molar-refractivity contribution is 5.81. The second-order valence-electron chi connectivity index (χ2n) is 6.98. The molecule has 0 saturated carbocycles. The first-order valence-electron chi connectivity index (χ1n) is 8.85. The summed E-state index contributed by atoms with van der Waals surface area (Å²) in [7, 11) is 0. The predicted molar refractivity (Wildman–Crippen MR) is 87.2 cm³/mol. The van der Waals surface area contributed by atoms with E-state index in [0.717, 1.165) is 45.2 Å². The molecule has 3 atom stereocenters. The van der Waals surface area contributed by atoms with Crippen molar-refractivity contribution in [3.63, 3.8) is 0 Å². The highest BCUT2D eigenvalue weighted by Gasteiger charge is 2.35. The predicted octanol–water partition coefficient (Wildman–Crippen LogP) is 1.61. The molecule has 2 heterocycles. The molecule has 2 fully saturated rings. The standard InChI is InChI=1S/C17H31N3O2/c1-3-5-16(21)19-8-4-6-14(12-19)17(22)20-9-7-13(2)10-15(20)11-18/h13-15H,3-12,18H2,1-2H3. The molecule has 0 aliphatic carbocycles. The van der Waals surface area contributed by atoms with E-state index >= 15 is 0 Å². The van der Waals surface area contributed by atoms with Crippen LogP contribution < -0.4 is 5.73 Å². The first-order valence-corrected chi connectivity index (χ1v) is 8.85. The second kappa shape index (κ2) is 7.95. The van der Waals surface area contributed by atoms with Crippen molar-refractivity contribution < 1.29 is 9.59 Å². The van der Waals surface area contributed by atoms with Crippen LogP contribution in [0.5, 0.6) is 0 Å². The van der Waals surface area contributed by atoms with Crippen molar-refractivity contribution in [3.8, 4) is 0 Å². The van der Waals surface area contributed by atoms with Gasteiger partial charge in [-0.15, -0.1) is 0 Å². The van der Waals surface area contributed by atoms with Gasteiger partial charge in [0.05, 0.1) is 5.92 Å². The molecule has 0 aromatic carbocycles. The van der Waals surface area contributed by atoms with E-state index in [1.807, 2.05) is 16.7 Å². The average Bonchev–Trinajstić information content (AvgIpc) is 2.54. The van der Waals surface area contributed by atoms with Gasteiger partial charge in [0.25, 0.3) is 0 Å². The van der Waals surface area contributed by atoms with Crippen LogP contribution in [0.3, 0.4) is 0 Å². The summed E-state index contributed by atoms with van der Waals surface area (Å²) in [4.78, 5) is 28.9. The van der Waals surface area contributed by atoms with Crippen molar-refractivity contribution in [3.05, 3.63) is 0 Å². The van der Waals surface area contributed by atoms with E-state index < -0.39 is 0 Å². The average molecular weight is 309 g/mol. The van der Waals surface area contributed by atoms with Gasteiger partial charge in [-0.3, -0.25) is 9.59 Å². The lowest BCUT2D eigenvalue weighted by molar-refractivity contribution is -0.144. The quantitative estimate of drug-likeness (QED) is 0.858. The number of amides is 2. The summed E-state index contributed by atoms with van der Waals surface area (Å²) >= 11 is 0. The molecule has 0 bridgehead atoms. The molecule has 126 valence electrons. The molecule has 2 aliphatic heterocycles. The topological polar surface area (TPSA) is 66.6 Å². The number of piperidine rings is 2. The van der Waals surface area contributed by atoms with E-state index in [9.17, 15) is 9.59 Å². The Morgan fingerprint density at radius 2 is 2.00 bits per heavy atom. The van der Waals surface area contributed by atoms with Crippen molar-refractivity contribution in [2.24, 2.45) is 17.6 Å². The Labute approximate surface area is 134 Å². The molecule has 2 N–H and O–H groups in total. The first-order chi connectivity index (χ1) is 10.6. The maximum absolute atomic E-state index is 12.9. The number of hydrogen-bond donors (Lipinski definition) is 1. The molecular formula is C17H31N3O2. The molecule has 0 aromatic rings. The molecular weight excluding hydrogens is 278 g/mol. The molecule has 0 radical (unpaired) electrons. The minimum atomic E-state index is -0.0305. The van der Waals surface area contributed by atoms with Gasteiger partial charge in [0.15, 0.2) is 0 Å². The molecule has 2 rings (SSSR count). The SMILES string of the molecule is CCCC(=O)N1CCCC(C(=O)N2CCC(C)CC2CN)C1. The summed E-state index contributed by atoms with van der Waals surface area (Å²) in [5.41, 5.74) is 5.88. The largest absolute Gasteiger partial charge is 0.342 e. The van der Waals surface area contributed by atoms with Crippen molar-refractivity contribution >= 4 is 11.8 Å². The van der Waals surface area contributed by atoms with Gasteiger partial charge in [0.1, 0.15) is 0 Å². The van der Waals surface area contributed by atoms with Gasteiger partial charge in [-0.1, -0.05) is 13.8 Å². The fourth-order valence-electron chi connectivity index (χ4n) is 3.78. The third-order valence-corrected chi connectivity index (χ3v) is 5.12. The fraction of sp³-hybridized carbons (Fsp3) is 0.882. The van der Waals surface area contributed by atoms with Gasteiger partial charge in [0.2, 0.25) is 11.8 Å².